The monoisotopic (exact) mass is 204 g/mol. The molecule has 4 heteroatoms. The fourth-order valence-electron chi connectivity index (χ4n) is 2.51. The zero-order chi connectivity index (χ0) is 8.55. The van der Waals surface area contributed by atoms with Gasteiger partial charge < -0.3 is 4.90 Å². The first-order valence-electron chi connectivity index (χ1n) is 4.47. The van der Waals surface area contributed by atoms with Gasteiger partial charge in [-0.1, -0.05) is 10.8 Å². The molecule has 0 aromatic carbocycles. The van der Waals surface area contributed by atoms with Gasteiger partial charge in [0.1, 0.15) is 0 Å². The number of likely N-dealkylation sites (tertiary alicyclic amines) is 2. The van der Waals surface area contributed by atoms with Crippen LogP contribution in [0.2, 0.25) is 0 Å². The summed E-state index contributed by atoms with van der Waals surface area (Å²) in [6.45, 7) is 5.20. The Morgan fingerprint density at radius 1 is 1.25 bits per heavy atom. The maximum atomic E-state index is 4.18. The summed E-state index contributed by atoms with van der Waals surface area (Å²) in [6.07, 6.45) is 0. The Bertz CT molecular complexity index is 151. The van der Waals surface area contributed by atoms with Gasteiger partial charge in [-0.2, -0.15) is 0 Å². The molecular weight excluding hydrogens is 188 g/mol. The van der Waals surface area contributed by atoms with Gasteiger partial charge >= 0.3 is 0 Å². The molecule has 0 aromatic rings. The average Bonchev–Trinajstić information content (AvgIpc) is 2.44. The van der Waals surface area contributed by atoms with Crippen molar-refractivity contribution in [1.82, 2.24) is 9.80 Å². The number of hydrogen-bond acceptors (Lipinski definition) is 4. The van der Waals surface area contributed by atoms with E-state index in [1.165, 1.54) is 26.2 Å². The molecule has 0 aromatic heterocycles. The van der Waals surface area contributed by atoms with Crippen molar-refractivity contribution in [2.75, 3.05) is 39.1 Å². The van der Waals surface area contributed by atoms with Crippen LogP contribution in [-0.4, -0.2) is 48.9 Å². The van der Waals surface area contributed by atoms with Crippen molar-refractivity contribution in [3.05, 3.63) is 0 Å². The van der Waals surface area contributed by atoms with Crippen molar-refractivity contribution < 1.29 is 0 Å². The van der Waals surface area contributed by atoms with Crippen LogP contribution in [0.1, 0.15) is 0 Å². The molecule has 0 radical (unpaired) electrons. The molecule has 0 unspecified atom stereocenters. The van der Waals surface area contributed by atoms with Crippen molar-refractivity contribution in [2.24, 2.45) is 11.8 Å². The predicted molar refractivity (Wildman–Crippen MR) is 57.5 cm³/mol. The van der Waals surface area contributed by atoms with E-state index < -0.39 is 0 Å². The molecule has 0 N–H and O–H groups in total. The Morgan fingerprint density at radius 3 is 2.33 bits per heavy atom. The van der Waals surface area contributed by atoms with E-state index in [1.807, 2.05) is 0 Å². The van der Waals surface area contributed by atoms with Crippen molar-refractivity contribution in [1.29, 1.82) is 0 Å². The van der Waals surface area contributed by atoms with E-state index in [9.17, 15) is 0 Å². The Labute approximate surface area is 83.5 Å². The Morgan fingerprint density at radius 2 is 1.83 bits per heavy atom. The molecule has 70 valence electrons. The van der Waals surface area contributed by atoms with Crippen LogP contribution in [0.15, 0.2) is 0 Å². The van der Waals surface area contributed by atoms with Gasteiger partial charge in [0, 0.05) is 26.2 Å². The maximum absolute atomic E-state index is 4.18. The highest BCUT2D eigenvalue weighted by atomic mass is 33.1. The van der Waals surface area contributed by atoms with E-state index in [0.29, 0.717) is 0 Å². The minimum Gasteiger partial charge on any atom is -0.306 e. The minimum atomic E-state index is 0.940. The van der Waals surface area contributed by atoms with Gasteiger partial charge in [-0.05, 0) is 18.9 Å². The number of fused-ring (bicyclic) bond motifs is 1. The zero-order valence-corrected chi connectivity index (χ0v) is 9.15. The summed E-state index contributed by atoms with van der Waals surface area (Å²) < 4.78 is 0. The zero-order valence-electron chi connectivity index (χ0n) is 7.44. The first kappa shape index (κ1) is 9.19. The van der Waals surface area contributed by atoms with Crippen LogP contribution < -0.4 is 0 Å². The molecule has 2 rings (SSSR count). The van der Waals surface area contributed by atoms with Crippen LogP contribution >= 0.6 is 22.5 Å². The van der Waals surface area contributed by atoms with E-state index in [-0.39, 0.29) is 0 Å². The van der Waals surface area contributed by atoms with Crippen molar-refractivity contribution in [3.8, 4) is 0 Å². The van der Waals surface area contributed by atoms with E-state index in [4.69, 9.17) is 0 Å². The molecule has 2 fully saturated rings. The second-order valence-corrected chi connectivity index (χ2v) is 5.33. The van der Waals surface area contributed by atoms with Crippen molar-refractivity contribution in [3.63, 3.8) is 0 Å². The SMILES string of the molecule is CN1C[C@@H]2CN(CSS)C[C@@H]2C1. The summed E-state index contributed by atoms with van der Waals surface area (Å²) in [7, 11) is 3.88. The lowest BCUT2D eigenvalue weighted by atomic mass is 10.0. The lowest BCUT2D eigenvalue weighted by Gasteiger charge is -2.16. The topological polar surface area (TPSA) is 6.48 Å². The highest BCUT2D eigenvalue weighted by molar-refractivity contribution is 8.68. The maximum Gasteiger partial charge on any atom is 0.0546 e. The molecule has 0 saturated carbocycles. The highest BCUT2D eigenvalue weighted by Crippen LogP contribution is 2.31. The molecule has 0 amide bonds. The summed E-state index contributed by atoms with van der Waals surface area (Å²) in [5.41, 5.74) is 0. The first-order chi connectivity index (χ1) is 5.79. The van der Waals surface area contributed by atoms with E-state index in [0.717, 1.165) is 17.7 Å². The normalized spacial score (nSPS) is 37.5. The molecule has 0 aliphatic carbocycles. The molecule has 0 spiro atoms. The molecule has 2 heterocycles. The van der Waals surface area contributed by atoms with Gasteiger partial charge in [0.2, 0.25) is 0 Å². The second-order valence-electron chi connectivity index (χ2n) is 4.04. The quantitative estimate of drug-likeness (QED) is 0.530. The number of rotatable bonds is 2. The summed E-state index contributed by atoms with van der Waals surface area (Å²) >= 11 is 4.18. The van der Waals surface area contributed by atoms with Crippen LogP contribution in [0.4, 0.5) is 0 Å². The number of thiol groups is 1. The van der Waals surface area contributed by atoms with Crippen LogP contribution in [-0.2, 0) is 0 Å². The third-order valence-electron chi connectivity index (χ3n) is 2.98. The molecule has 2 atom stereocenters. The molecule has 2 aliphatic heterocycles. The molecule has 0 bridgehead atoms. The van der Waals surface area contributed by atoms with Gasteiger partial charge in [0.15, 0.2) is 0 Å². The summed E-state index contributed by atoms with van der Waals surface area (Å²) in [5, 5.41) is 0. The standard InChI is InChI=1S/C8H16N2S2/c1-9-2-7-4-10(6-12-11)5-8(7)3-9/h7-8,11H,2-6H2,1H3/t7-,8+. The van der Waals surface area contributed by atoms with E-state index >= 15 is 0 Å². The third-order valence-corrected chi connectivity index (χ3v) is 3.81. The fraction of sp³-hybridized carbons (Fsp3) is 1.00. The summed E-state index contributed by atoms with van der Waals surface area (Å²) in [6, 6.07) is 0. The summed E-state index contributed by atoms with van der Waals surface area (Å²) in [4.78, 5) is 4.99. The van der Waals surface area contributed by atoms with E-state index in [1.54, 1.807) is 10.8 Å². The molecule has 2 aliphatic rings. The fourth-order valence-corrected chi connectivity index (χ4v) is 3.38. The van der Waals surface area contributed by atoms with Gasteiger partial charge in [-0.3, -0.25) is 4.90 Å². The van der Waals surface area contributed by atoms with Crippen molar-refractivity contribution >= 4 is 22.5 Å². The Balaban J connectivity index is 1.85. The van der Waals surface area contributed by atoms with Gasteiger partial charge in [0.05, 0.1) is 5.88 Å². The van der Waals surface area contributed by atoms with Gasteiger partial charge in [-0.15, -0.1) is 11.7 Å². The smallest absolute Gasteiger partial charge is 0.0546 e. The second kappa shape index (κ2) is 3.78. The van der Waals surface area contributed by atoms with Crippen LogP contribution in [0, 0.1) is 11.8 Å². The number of hydrogen-bond donors (Lipinski definition) is 1. The van der Waals surface area contributed by atoms with E-state index in [2.05, 4.69) is 28.5 Å². The van der Waals surface area contributed by atoms with Crippen LogP contribution in [0.5, 0.6) is 0 Å². The molecule has 2 nitrogen and oxygen atoms in total. The summed E-state index contributed by atoms with van der Waals surface area (Å²) in [5.74, 6) is 2.98. The molecule has 12 heavy (non-hydrogen) atoms. The van der Waals surface area contributed by atoms with Crippen LogP contribution in [0.3, 0.4) is 0 Å². The lowest BCUT2D eigenvalue weighted by molar-refractivity contribution is 0.310. The Kier molecular flexibility index (Phi) is 2.89. The Hall–Kier alpha value is 0.620. The predicted octanol–water partition coefficient (Wildman–Crippen LogP) is 1.02. The van der Waals surface area contributed by atoms with Crippen LogP contribution in [0.25, 0.3) is 0 Å². The highest BCUT2D eigenvalue weighted by Gasteiger charge is 2.38. The molecule has 2 saturated heterocycles. The van der Waals surface area contributed by atoms with Crippen molar-refractivity contribution in [2.45, 2.75) is 0 Å². The average molecular weight is 204 g/mol. The number of nitrogens with zero attached hydrogens (tertiary/aromatic N) is 2. The third kappa shape index (κ3) is 1.76. The lowest BCUT2D eigenvalue weighted by Crippen LogP contribution is -2.26. The van der Waals surface area contributed by atoms with Gasteiger partial charge in [-0.25, -0.2) is 0 Å². The minimum absolute atomic E-state index is 0.940. The largest absolute Gasteiger partial charge is 0.306 e. The molecular formula is C8H16N2S2. The first-order valence-corrected chi connectivity index (χ1v) is 6.50. The van der Waals surface area contributed by atoms with Gasteiger partial charge in [0.25, 0.3) is 0 Å².